The van der Waals surface area contributed by atoms with Gasteiger partial charge in [-0.3, -0.25) is 29.4 Å². The second kappa shape index (κ2) is 11.9. The Kier molecular flexibility index (Phi) is 8.09. The van der Waals surface area contributed by atoms with Crippen molar-refractivity contribution in [3.8, 4) is 5.75 Å². The van der Waals surface area contributed by atoms with Crippen LogP contribution in [0.3, 0.4) is 0 Å². The van der Waals surface area contributed by atoms with E-state index in [9.17, 15) is 19.2 Å². The number of carbonyl (C=O) groups is 4. The van der Waals surface area contributed by atoms with Crippen LogP contribution in [0.15, 0.2) is 36.4 Å². The highest BCUT2D eigenvalue weighted by Gasteiger charge is 2.40. The number of nitrogens with zero attached hydrogens (tertiary/aromatic N) is 4. The number of carbonyl (C=O) groups excluding carboxylic acids is 4. The molecule has 0 bridgehead atoms. The third kappa shape index (κ3) is 5.57. The van der Waals surface area contributed by atoms with Crippen LogP contribution < -0.4 is 15.0 Å². The zero-order valence-electron chi connectivity index (χ0n) is 23.8. The summed E-state index contributed by atoms with van der Waals surface area (Å²) in [6.45, 7) is 6.99. The van der Waals surface area contributed by atoms with Crippen LogP contribution in [0.2, 0.25) is 5.02 Å². The molecule has 4 heterocycles. The Labute approximate surface area is 250 Å². The van der Waals surface area contributed by atoms with E-state index in [1.807, 2.05) is 30.0 Å². The molecular weight excluding hydrogens is 558 g/mol. The highest BCUT2D eigenvalue weighted by Crippen LogP contribution is 2.34. The highest BCUT2D eigenvalue weighted by molar-refractivity contribution is 6.31. The lowest BCUT2D eigenvalue weighted by atomic mass is 10.0. The summed E-state index contributed by atoms with van der Waals surface area (Å²) in [6, 6.07) is 10.7. The lowest BCUT2D eigenvalue weighted by Gasteiger charge is -2.38. The van der Waals surface area contributed by atoms with Crippen molar-refractivity contribution in [3.63, 3.8) is 0 Å². The Balaban J connectivity index is 1.03. The van der Waals surface area contributed by atoms with Gasteiger partial charge in [-0.1, -0.05) is 23.7 Å². The van der Waals surface area contributed by atoms with Gasteiger partial charge in [0.2, 0.25) is 17.7 Å². The number of hydrogen-bond acceptors (Lipinski definition) is 7. The molecule has 0 radical (unpaired) electrons. The largest absolute Gasteiger partial charge is 0.492 e. The monoisotopic (exact) mass is 593 g/mol. The van der Waals surface area contributed by atoms with E-state index in [2.05, 4.69) is 21.2 Å². The number of ether oxygens (including phenoxy) is 1. The molecule has 11 heteroatoms. The minimum absolute atomic E-state index is 0.153. The number of halogens is 1. The van der Waals surface area contributed by atoms with Crippen molar-refractivity contribution in [1.82, 2.24) is 20.0 Å². The van der Waals surface area contributed by atoms with Gasteiger partial charge in [-0.25, -0.2) is 0 Å². The van der Waals surface area contributed by atoms with Crippen molar-refractivity contribution in [2.45, 2.75) is 51.2 Å². The van der Waals surface area contributed by atoms with Gasteiger partial charge in [-0.2, -0.15) is 0 Å². The lowest BCUT2D eigenvalue weighted by Crippen LogP contribution is -2.54. The molecule has 2 atom stereocenters. The molecule has 0 saturated carbocycles. The summed E-state index contributed by atoms with van der Waals surface area (Å²) in [6.07, 6.45) is 2.34. The van der Waals surface area contributed by atoms with E-state index in [0.717, 1.165) is 54.3 Å². The first-order chi connectivity index (χ1) is 20.3. The number of imide groups is 1. The number of piperidine rings is 1. The first-order valence-corrected chi connectivity index (χ1v) is 15.1. The SMILES string of the molecule is Cc1ccc(N2CCN(C(=O)[C@H]3CCCN3CCOc3cccc4c3CN(C3CCC(=O)NC3=O)C4=O)CC2)cc1Cl. The molecule has 42 heavy (non-hydrogen) atoms. The second-order valence-electron chi connectivity index (χ2n) is 11.5. The lowest BCUT2D eigenvalue weighted by molar-refractivity contribution is -0.137. The van der Waals surface area contributed by atoms with E-state index < -0.39 is 11.9 Å². The number of benzene rings is 2. The second-order valence-corrected chi connectivity index (χ2v) is 11.9. The van der Waals surface area contributed by atoms with Gasteiger partial charge in [0.1, 0.15) is 18.4 Å². The van der Waals surface area contributed by atoms with E-state index in [0.29, 0.717) is 44.0 Å². The number of nitrogens with one attached hydrogen (secondary N) is 1. The van der Waals surface area contributed by atoms with Crippen molar-refractivity contribution < 1.29 is 23.9 Å². The van der Waals surface area contributed by atoms with Gasteiger partial charge in [-0.15, -0.1) is 0 Å². The number of aryl methyl sites for hydroxylation is 1. The van der Waals surface area contributed by atoms with Crippen LogP contribution >= 0.6 is 11.6 Å². The van der Waals surface area contributed by atoms with Gasteiger partial charge >= 0.3 is 0 Å². The Bertz CT molecular complexity index is 1410. The highest BCUT2D eigenvalue weighted by atomic mass is 35.5. The van der Waals surface area contributed by atoms with Gasteiger partial charge in [-0.05, 0) is 62.6 Å². The maximum atomic E-state index is 13.5. The van der Waals surface area contributed by atoms with E-state index >= 15 is 0 Å². The summed E-state index contributed by atoms with van der Waals surface area (Å²) in [7, 11) is 0. The third-order valence-corrected chi connectivity index (χ3v) is 9.34. The van der Waals surface area contributed by atoms with Gasteiger partial charge < -0.3 is 19.4 Å². The van der Waals surface area contributed by atoms with Crippen molar-refractivity contribution in [2.75, 3.05) is 50.8 Å². The van der Waals surface area contributed by atoms with Crippen LogP contribution in [-0.4, -0.2) is 96.3 Å². The maximum absolute atomic E-state index is 13.5. The predicted molar refractivity (Wildman–Crippen MR) is 158 cm³/mol. The maximum Gasteiger partial charge on any atom is 0.255 e. The van der Waals surface area contributed by atoms with Gasteiger partial charge in [0.15, 0.2) is 0 Å². The molecule has 2 aromatic rings. The molecule has 4 aliphatic heterocycles. The molecule has 0 aromatic heterocycles. The van der Waals surface area contributed by atoms with Crippen molar-refractivity contribution in [2.24, 2.45) is 0 Å². The molecule has 1 unspecified atom stereocenters. The number of hydrogen-bond donors (Lipinski definition) is 1. The topological polar surface area (TPSA) is 102 Å². The third-order valence-electron chi connectivity index (χ3n) is 8.94. The van der Waals surface area contributed by atoms with Crippen LogP contribution in [0, 0.1) is 6.92 Å². The molecule has 6 rings (SSSR count). The smallest absolute Gasteiger partial charge is 0.255 e. The fourth-order valence-electron chi connectivity index (χ4n) is 6.51. The number of piperazine rings is 1. The molecule has 4 amide bonds. The van der Waals surface area contributed by atoms with Crippen LogP contribution in [0.1, 0.15) is 47.2 Å². The summed E-state index contributed by atoms with van der Waals surface area (Å²) >= 11 is 6.33. The predicted octanol–water partition coefficient (Wildman–Crippen LogP) is 2.60. The molecule has 1 N–H and O–H groups in total. The number of fused-ring (bicyclic) bond motifs is 1. The fourth-order valence-corrected chi connectivity index (χ4v) is 6.69. The minimum atomic E-state index is -0.664. The van der Waals surface area contributed by atoms with Crippen molar-refractivity contribution in [3.05, 3.63) is 58.1 Å². The molecular formula is C31H36ClN5O5. The summed E-state index contributed by atoms with van der Waals surface area (Å²) in [4.78, 5) is 58.6. The first-order valence-electron chi connectivity index (χ1n) is 14.7. The molecule has 3 fully saturated rings. The molecule has 3 saturated heterocycles. The molecule has 10 nitrogen and oxygen atoms in total. The summed E-state index contributed by atoms with van der Waals surface area (Å²) < 4.78 is 6.18. The van der Waals surface area contributed by atoms with Crippen LogP contribution in [0.4, 0.5) is 5.69 Å². The number of amides is 4. The van der Waals surface area contributed by atoms with E-state index in [1.54, 1.807) is 12.1 Å². The van der Waals surface area contributed by atoms with E-state index in [-0.39, 0.29) is 36.7 Å². The molecule has 0 spiro atoms. The van der Waals surface area contributed by atoms with Gasteiger partial charge in [0, 0.05) is 61.0 Å². The zero-order valence-corrected chi connectivity index (χ0v) is 24.6. The van der Waals surface area contributed by atoms with Crippen LogP contribution in [0.5, 0.6) is 5.75 Å². The minimum Gasteiger partial charge on any atom is -0.492 e. The first kappa shape index (κ1) is 28.5. The number of likely N-dealkylation sites (tertiary alicyclic amines) is 1. The molecule has 222 valence electrons. The zero-order chi connectivity index (χ0) is 29.4. The molecule has 0 aliphatic carbocycles. The van der Waals surface area contributed by atoms with Crippen molar-refractivity contribution in [1.29, 1.82) is 0 Å². The average Bonchev–Trinajstić information content (AvgIpc) is 3.59. The molecule has 2 aromatic carbocycles. The Hall–Kier alpha value is -3.63. The van der Waals surface area contributed by atoms with Gasteiger partial charge in [0.25, 0.3) is 5.91 Å². The number of anilines is 1. The Morgan fingerprint density at radius 1 is 1.05 bits per heavy atom. The normalized spacial score (nSPS) is 22.9. The number of rotatable bonds is 7. The van der Waals surface area contributed by atoms with Crippen molar-refractivity contribution >= 4 is 40.9 Å². The van der Waals surface area contributed by atoms with E-state index in [4.69, 9.17) is 16.3 Å². The van der Waals surface area contributed by atoms with Gasteiger partial charge in [0.05, 0.1) is 12.6 Å². The quantitative estimate of drug-likeness (QED) is 0.492. The summed E-state index contributed by atoms with van der Waals surface area (Å²) in [5, 5.41) is 3.10. The standard InChI is InChI=1S/C31H36ClN5O5/c1-20-7-8-21(18-24(20)32)34-12-14-36(15-13-34)31(41)26-5-3-11-35(26)16-17-42-27-6-2-4-22-23(27)19-37(30(22)40)25-9-10-28(38)33-29(25)39/h2,4,6-8,18,25-26H,3,5,9-17,19H2,1H3,(H,33,38,39)/t25?,26-/m1/s1. The average molecular weight is 594 g/mol. The van der Waals surface area contributed by atoms with E-state index in [1.165, 1.54) is 4.90 Å². The fraction of sp³-hybridized carbons (Fsp3) is 0.484. The Morgan fingerprint density at radius 3 is 2.62 bits per heavy atom. The van der Waals surface area contributed by atoms with Crippen LogP contribution in [0.25, 0.3) is 0 Å². The Morgan fingerprint density at radius 2 is 1.86 bits per heavy atom. The summed E-state index contributed by atoms with van der Waals surface area (Å²) in [5.74, 6) is -0.162. The van der Waals surface area contributed by atoms with Crippen LogP contribution in [-0.2, 0) is 20.9 Å². The summed E-state index contributed by atoms with van der Waals surface area (Å²) in [5.41, 5.74) is 3.43. The molecule has 4 aliphatic rings.